The van der Waals surface area contributed by atoms with Crippen LogP contribution >= 0.6 is 0 Å². The number of amides is 2. The van der Waals surface area contributed by atoms with Gasteiger partial charge < -0.3 is 20.3 Å². The van der Waals surface area contributed by atoms with Gasteiger partial charge in [-0.15, -0.1) is 0 Å². The molecule has 1 aliphatic heterocycles. The SMILES string of the molecule is COc1cccc(C(=O)N2CCN(C(=O)C(C)CN)CC2)c1. The van der Waals surface area contributed by atoms with Crippen molar-refractivity contribution in [2.24, 2.45) is 11.7 Å². The van der Waals surface area contributed by atoms with E-state index in [0.29, 0.717) is 44.0 Å². The van der Waals surface area contributed by atoms with Crippen molar-refractivity contribution in [2.75, 3.05) is 39.8 Å². The summed E-state index contributed by atoms with van der Waals surface area (Å²) in [4.78, 5) is 28.1. The lowest BCUT2D eigenvalue weighted by Crippen LogP contribution is -2.52. The van der Waals surface area contributed by atoms with E-state index in [1.165, 1.54) is 0 Å². The second-order valence-electron chi connectivity index (χ2n) is 5.49. The molecule has 0 bridgehead atoms. The molecule has 2 N–H and O–H groups in total. The molecular formula is C16H23N3O3. The molecule has 0 saturated carbocycles. The molecule has 1 heterocycles. The van der Waals surface area contributed by atoms with Gasteiger partial charge in [-0.05, 0) is 18.2 Å². The van der Waals surface area contributed by atoms with Crippen molar-refractivity contribution in [2.45, 2.75) is 6.92 Å². The fourth-order valence-electron chi connectivity index (χ4n) is 2.48. The Bertz CT molecular complexity index is 539. The third-order valence-electron chi connectivity index (χ3n) is 3.97. The fourth-order valence-corrected chi connectivity index (χ4v) is 2.48. The fraction of sp³-hybridized carbons (Fsp3) is 0.500. The van der Waals surface area contributed by atoms with E-state index >= 15 is 0 Å². The minimum absolute atomic E-state index is 0.0297. The first-order valence-corrected chi connectivity index (χ1v) is 7.49. The van der Waals surface area contributed by atoms with Crippen molar-refractivity contribution < 1.29 is 14.3 Å². The van der Waals surface area contributed by atoms with Gasteiger partial charge in [-0.25, -0.2) is 0 Å². The number of methoxy groups -OCH3 is 1. The summed E-state index contributed by atoms with van der Waals surface area (Å²) in [6.07, 6.45) is 0. The molecule has 0 aromatic heterocycles. The van der Waals surface area contributed by atoms with Crippen LogP contribution in [0.3, 0.4) is 0 Å². The molecule has 1 atom stereocenters. The Balaban J connectivity index is 1.96. The molecule has 1 aromatic carbocycles. The van der Waals surface area contributed by atoms with E-state index in [9.17, 15) is 9.59 Å². The normalized spacial score (nSPS) is 16.3. The van der Waals surface area contributed by atoms with Crippen molar-refractivity contribution in [3.8, 4) is 5.75 Å². The Morgan fingerprint density at radius 2 is 1.86 bits per heavy atom. The molecule has 6 nitrogen and oxygen atoms in total. The quantitative estimate of drug-likeness (QED) is 0.882. The molecule has 1 fully saturated rings. The van der Waals surface area contributed by atoms with Gasteiger partial charge in [-0.2, -0.15) is 0 Å². The molecule has 0 aliphatic carbocycles. The summed E-state index contributed by atoms with van der Waals surface area (Å²) in [7, 11) is 1.58. The predicted octanol–water partition coefficient (Wildman–Crippen LogP) is 0.574. The largest absolute Gasteiger partial charge is 0.497 e. The van der Waals surface area contributed by atoms with E-state index in [4.69, 9.17) is 10.5 Å². The highest BCUT2D eigenvalue weighted by molar-refractivity contribution is 5.94. The topological polar surface area (TPSA) is 75.9 Å². The number of benzene rings is 1. The molecule has 2 rings (SSSR count). The van der Waals surface area contributed by atoms with Gasteiger partial charge in [0.1, 0.15) is 5.75 Å². The van der Waals surface area contributed by atoms with Crippen LogP contribution in [0.4, 0.5) is 0 Å². The van der Waals surface area contributed by atoms with E-state index in [2.05, 4.69) is 0 Å². The standard InChI is InChI=1S/C16H23N3O3/c1-12(11-17)15(20)18-6-8-19(9-7-18)16(21)13-4-3-5-14(10-13)22-2/h3-5,10,12H,6-9,11,17H2,1-2H3. The molecular weight excluding hydrogens is 282 g/mol. The summed E-state index contributed by atoms with van der Waals surface area (Å²) in [5, 5.41) is 0. The lowest BCUT2D eigenvalue weighted by Gasteiger charge is -2.36. The Labute approximate surface area is 130 Å². The highest BCUT2D eigenvalue weighted by Gasteiger charge is 2.26. The van der Waals surface area contributed by atoms with Crippen molar-refractivity contribution >= 4 is 11.8 Å². The van der Waals surface area contributed by atoms with Crippen molar-refractivity contribution in [3.05, 3.63) is 29.8 Å². The zero-order chi connectivity index (χ0) is 16.1. The van der Waals surface area contributed by atoms with Gasteiger partial charge in [0.25, 0.3) is 5.91 Å². The van der Waals surface area contributed by atoms with Gasteiger partial charge >= 0.3 is 0 Å². The number of piperazine rings is 1. The summed E-state index contributed by atoms with van der Waals surface area (Å²) in [5.41, 5.74) is 6.14. The number of carbonyl (C=O) groups is 2. The summed E-state index contributed by atoms with van der Waals surface area (Å²) in [6.45, 7) is 4.37. The zero-order valence-corrected chi connectivity index (χ0v) is 13.1. The van der Waals surface area contributed by atoms with Crippen LogP contribution in [0, 0.1) is 5.92 Å². The third kappa shape index (κ3) is 3.57. The van der Waals surface area contributed by atoms with Crippen molar-refractivity contribution in [3.63, 3.8) is 0 Å². The zero-order valence-electron chi connectivity index (χ0n) is 13.1. The first-order chi connectivity index (χ1) is 10.6. The maximum absolute atomic E-state index is 12.5. The number of hydrogen-bond acceptors (Lipinski definition) is 4. The van der Waals surface area contributed by atoms with E-state index in [1.54, 1.807) is 35.1 Å². The number of nitrogens with two attached hydrogens (primary N) is 1. The number of rotatable bonds is 4. The van der Waals surface area contributed by atoms with Gasteiger partial charge in [-0.1, -0.05) is 13.0 Å². The summed E-state index contributed by atoms with van der Waals surface area (Å²) in [5.74, 6) is 0.533. The van der Waals surface area contributed by atoms with Gasteiger partial charge in [-0.3, -0.25) is 9.59 Å². The number of nitrogens with zero attached hydrogens (tertiary/aromatic N) is 2. The van der Waals surface area contributed by atoms with E-state index in [0.717, 1.165) is 0 Å². The summed E-state index contributed by atoms with van der Waals surface area (Å²) >= 11 is 0. The van der Waals surface area contributed by atoms with Crippen LogP contribution in [0.15, 0.2) is 24.3 Å². The van der Waals surface area contributed by atoms with Crippen LogP contribution in [-0.4, -0.2) is 61.4 Å². The van der Waals surface area contributed by atoms with E-state index in [-0.39, 0.29) is 17.7 Å². The Hall–Kier alpha value is -2.08. The van der Waals surface area contributed by atoms with Crippen molar-refractivity contribution in [1.29, 1.82) is 0 Å². The molecule has 1 saturated heterocycles. The lowest BCUT2D eigenvalue weighted by molar-refractivity contribution is -0.136. The highest BCUT2D eigenvalue weighted by atomic mass is 16.5. The van der Waals surface area contributed by atoms with Gasteiger partial charge in [0.15, 0.2) is 0 Å². The molecule has 1 aromatic rings. The lowest BCUT2D eigenvalue weighted by atomic mass is 10.1. The Morgan fingerprint density at radius 3 is 2.45 bits per heavy atom. The molecule has 0 spiro atoms. The van der Waals surface area contributed by atoms with Crippen LogP contribution in [0.25, 0.3) is 0 Å². The Morgan fingerprint density at radius 1 is 1.23 bits per heavy atom. The predicted molar refractivity (Wildman–Crippen MR) is 83.7 cm³/mol. The van der Waals surface area contributed by atoms with Crippen LogP contribution in [-0.2, 0) is 4.79 Å². The molecule has 1 aliphatic rings. The van der Waals surface area contributed by atoms with Crippen LogP contribution in [0.2, 0.25) is 0 Å². The average Bonchev–Trinajstić information content (AvgIpc) is 2.59. The minimum Gasteiger partial charge on any atom is -0.497 e. The molecule has 120 valence electrons. The maximum atomic E-state index is 12.5. The van der Waals surface area contributed by atoms with Gasteiger partial charge in [0.2, 0.25) is 5.91 Å². The number of hydrogen-bond donors (Lipinski definition) is 1. The molecule has 1 unspecified atom stereocenters. The average molecular weight is 305 g/mol. The summed E-state index contributed by atoms with van der Waals surface area (Å²) in [6, 6.07) is 7.12. The first-order valence-electron chi connectivity index (χ1n) is 7.49. The van der Waals surface area contributed by atoms with Crippen LogP contribution < -0.4 is 10.5 Å². The van der Waals surface area contributed by atoms with Gasteiger partial charge in [0, 0.05) is 44.2 Å². The highest BCUT2D eigenvalue weighted by Crippen LogP contribution is 2.16. The van der Waals surface area contributed by atoms with Crippen molar-refractivity contribution in [1.82, 2.24) is 9.80 Å². The minimum atomic E-state index is -0.166. The van der Waals surface area contributed by atoms with E-state index in [1.807, 2.05) is 13.0 Å². The number of carbonyl (C=O) groups excluding carboxylic acids is 2. The monoisotopic (exact) mass is 305 g/mol. The molecule has 2 amide bonds. The van der Waals surface area contributed by atoms with E-state index < -0.39 is 0 Å². The molecule has 6 heteroatoms. The second kappa shape index (κ2) is 7.26. The maximum Gasteiger partial charge on any atom is 0.254 e. The first kappa shape index (κ1) is 16.3. The Kier molecular flexibility index (Phi) is 5.38. The van der Waals surface area contributed by atoms with Gasteiger partial charge in [0.05, 0.1) is 7.11 Å². The smallest absolute Gasteiger partial charge is 0.254 e. The molecule has 0 radical (unpaired) electrons. The van der Waals surface area contributed by atoms with Crippen LogP contribution in [0.1, 0.15) is 17.3 Å². The van der Waals surface area contributed by atoms with Crippen LogP contribution in [0.5, 0.6) is 5.75 Å². The third-order valence-corrected chi connectivity index (χ3v) is 3.97. The molecule has 22 heavy (non-hydrogen) atoms. The second-order valence-corrected chi connectivity index (χ2v) is 5.49. The number of ether oxygens (including phenoxy) is 1. The summed E-state index contributed by atoms with van der Waals surface area (Å²) < 4.78 is 5.14.